The molecule has 52 heavy (non-hydrogen) atoms. The van der Waals surface area contributed by atoms with E-state index >= 15 is 0 Å². The molecule has 0 bridgehead atoms. The summed E-state index contributed by atoms with van der Waals surface area (Å²) < 4.78 is 0. The number of nitrogens with two attached hydrogens (primary N) is 4. The molecule has 0 radical (unpaired) electrons. The fraction of sp³-hybridized carbons (Fsp3) is 0.742. The van der Waals surface area contributed by atoms with Gasteiger partial charge < -0.3 is 59.5 Å². The van der Waals surface area contributed by atoms with Gasteiger partial charge in [0, 0.05) is 24.1 Å². The summed E-state index contributed by atoms with van der Waals surface area (Å²) in [4.78, 5) is 92.9. The van der Waals surface area contributed by atoms with E-state index in [1.807, 2.05) is 0 Å². The van der Waals surface area contributed by atoms with Gasteiger partial charge in [0.2, 0.25) is 35.4 Å². The average molecular weight is 774 g/mol. The minimum atomic E-state index is -1.54. The van der Waals surface area contributed by atoms with Gasteiger partial charge in [0.15, 0.2) is 5.96 Å². The van der Waals surface area contributed by atoms with E-state index in [-0.39, 0.29) is 61.7 Å². The van der Waals surface area contributed by atoms with Crippen molar-refractivity contribution in [2.75, 3.05) is 24.6 Å². The number of carboxylic acids is 1. The smallest absolute Gasteiger partial charge is 0.327 e. The van der Waals surface area contributed by atoms with Crippen molar-refractivity contribution < 1.29 is 38.7 Å². The van der Waals surface area contributed by atoms with Gasteiger partial charge in [-0.3, -0.25) is 34.2 Å². The third-order valence-electron chi connectivity index (χ3n) is 9.19. The Balaban J connectivity index is 2.44. The molecular weight excluding hydrogens is 719 g/mol. The van der Waals surface area contributed by atoms with Crippen molar-refractivity contribution >= 4 is 72.6 Å². The topological polar surface area (TPSA) is 331 Å². The van der Waals surface area contributed by atoms with Crippen LogP contribution in [0.2, 0.25) is 0 Å². The zero-order chi connectivity index (χ0) is 39.0. The Hall–Kier alpha value is -3.82. The van der Waals surface area contributed by atoms with Crippen LogP contribution >= 0.6 is 25.3 Å². The van der Waals surface area contributed by atoms with Crippen molar-refractivity contribution in [3.05, 3.63) is 0 Å². The SMILES string of the molecule is N=C(N)NCCC[C@H](NC(=O)[C@H](CCCCN)NC(=O)[C@@H](N)CS)C(=O)N1C2CCCCC2C[C@H]1C(=O)N[C@@H](CC(N)=O)C(=O)N[C@@H](CS)C(=O)O. The van der Waals surface area contributed by atoms with Gasteiger partial charge in [-0.2, -0.15) is 25.3 Å². The lowest BCUT2D eigenvalue weighted by molar-refractivity contribution is -0.145. The molecule has 2 unspecified atom stereocenters. The number of carboxylic acid groups (broad SMARTS) is 1. The largest absolute Gasteiger partial charge is 0.480 e. The molecule has 8 atom stereocenters. The van der Waals surface area contributed by atoms with Gasteiger partial charge in [0.05, 0.1) is 12.5 Å². The predicted octanol–water partition coefficient (Wildman–Crippen LogP) is -3.38. The van der Waals surface area contributed by atoms with Crippen molar-refractivity contribution in [2.45, 2.75) is 113 Å². The molecule has 0 spiro atoms. The molecule has 1 heterocycles. The van der Waals surface area contributed by atoms with Gasteiger partial charge in [0.1, 0.15) is 30.2 Å². The molecule has 21 heteroatoms. The number of nitrogens with one attached hydrogen (secondary N) is 6. The van der Waals surface area contributed by atoms with Crippen LogP contribution in [0.4, 0.5) is 0 Å². The van der Waals surface area contributed by atoms with Gasteiger partial charge in [-0.15, -0.1) is 0 Å². The molecule has 1 saturated carbocycles. The van der Waals surface area contributed by atoms with Crippen molar-refractivity contribution in [3.8, 4) is 0 Å². The average Bonchev–Trinajstić information content (AvgIpc) is 3.49. The monoisotopic (exact) mass is 773 g/mol. The van der Waals surface area contributed by atoms with Gasteiger partial charge in [-0.1, -0.05) is 12.8 Å². The van der Waals surface area contributed by atoms with Crippen LogP contribution in [0.5, 0.6) is 0 Å². The second-order valence-electron chi connectivity index (χ2n) is 13.1. The van der Waals surface area contributed by atoms with E-state index < -0.39 is 84.1 Å². The molecule has 2 aliphatic rings. The molecule has 2 fully saturated rings. The number of unbranched alkanes of at least 4 members (excludes halogenated alkanes) is 1. The van der Waals surface area contributed by atoms with Crippen molar-refractivity contribution in [1.82, 2.24) is 31.5 Å². The van der Waals surface area contributed by atoms with E-state index in [1.165, 1.54) is 4.90 Å². The summed E-state index contributed by atoms with van der Waals surface area (Å²) in [7, 11) is 0. The van der Waals surface area contributed by atoms with E-state index in [9.17, 15) is 38.7 Å². The molecule has 1 aliphatic carbocycles. The summed E-state index contributed by atoms with van der Waals surface area (Å²) in [6, 6.07) is -7.65. The molecule has 2 rings (SSSR count). The Morgan fingerprint density at radius 3 is 2.02 bits per heavy atom. The Bertz CT molecular complexity index is 1300. The van der Waals surface area contributed by atoms with Crippen LogP contribution in [0.25, 0.3) is 0 Å². The number of rotatable bonds is 22. The minimum Gasteiger partial charge on any atom is -0.480 e. The van der Waals surface area contributed by atoms with Crippen LogP contribution < -0.4 is 49.5 Å². The predicted molar refractivity (Wildman–Crippen MR) is 198 cm³/mol. The number of carbonyl (C=O) groups is 7. The zero-order valence-corrected chi connectivity index (χ0v) is 31.0. The molecule has 6 amide bonds. The second-order valence-corrected chi connectivity index (χ2v) is 13.8. The highest BCUT2D eigenvalue weighted by Crippen LogP contribution is 2.40. The van der Waals surface area contributed by atoms with Crippen molar-refractivity contribution in [2.24, 2.45) is 28.9 Å². The first-order chi connectivity index (χ1) is 24.6. The van der Waals surface area contributed by atoms with E-state index in [0.717, 1.165) is 19.3 Å². The van der Waals surface area contributed by atoms with E-state index in [1.54, 1.807) is 0 Å². The molecule has 15 N–H and O–H groups in total. The number of hydrogen-bond acceptors (Lipinski definition) is 12. The number of hydrogen-bond donors (Lipinski definition) is 13. The number of carbonyl (C=O) groups excluding carboxylic acids is 6. The summed E-state index contributed by atoms with van der Waals surface area (Å²) in [5.41, 5.74) is 22.3. The number of amides is 6. The zero-order valence-electron chi connectivity index (χ0n) is 29.2. The number of nitrogens with zero attached hydrogens (tertiary/aromatic N) is 1. The summed E-state index contributed by atoms with van der Waals surface area (Å²) in [6.45, 7) is 0.562. The minimum absolute atomic E-state index is 0.0332. The van der Waals surface area contributed by atoms with Gasteiger partial charge in [-0.05, 0) is 63.8 Å². The Kier molecular flexibility index (Phi) is 19.0. The quantitative estimate of drug-likeness (QED) is 0.0222. The Morgan fingerprint density at radius 2 is 1.42 bits per heavy atom. The third-order valence-corrected chi connectivity index (χ3v) is 9.95. The Labute approximate surface area is 313 Å². The molecule has 1 saturated heterocycles. The Morgan fingerprint density at radius 1 is 0.808 bits per heavy atom. The molecule has 0 aromatic carbocycles. The van der Waals surface area contributed by atoms with Crippen molar-refractivity contribution in [3.63, 3.8) is 0 Å². The summed E-state index contributed by atoms with van der Waals surface area (Å²) in [5, 5.41) is 29.7. The summed E-state index contributed by atoms with van der Waals surface area (Å²) >= 11 is 7.99. The molecular formula is C31H55N11O8S2. The third kappa shape index (κ3) is 13.6. The van der Waals surface area contributed by atoms with Gasteiger partial charge >= 0.3 is 5.97 Å². The highest BCUT2D eigenvalue weighted by molar-refractivity contribution is 7.80. The lowest BCUT2D eigenvalue weighted by atomic mass is 9.84. The molecule has 1 aliphatic heterocycles. The maximum absolute atomic E-state index is 14.6. The van der Waals surface area contributed by atoms with Crippen LogP contribution in [0.1, 0.15) is 70.6 Å². The van der Waals surface area contributed by atoms with E-state index in [0.29, 0.717) is 25.8 Å². The summed E-state index contributed by atoms with van der Waals surface area (Å²) in [6.07, 6.45) is 4.20. The first kappa shape index (κ1) is 44.3. The molecule has 0 aromatic rings. The number of guanidine groups is 1. The fourth-order valence-corrected chi connectivity index (χ4v) is 6.92. The maximum Gasteiger partial charge on any atom is 0.327 e. The first-order valence-electron chi connectivity index (χ1n) is 17.4. The maximum atomic E-state index is 14.6. The number of likely N-dealkylation sites (tertiary alicyclic amines) is 1. The molecule has 0 aromatic heterocycles. The summed E-state index contributed by atoms with van der Waals surface area (Å²) in [5.74, 6) is -6.42. The normalized spacial score (nSPS) is 20.9. The lowest BCUT2D eigenvalue weighted by Crippen LogP contribution is -2.60. The molecule has 19 nitrogen and oxygen atoms in total. The van der Waals surface area contributed by atoms with E-state index in [2.05, 4.69) is 51.8 Å². The number of primary amides is 1. The lowest BCUT2D eigenvalue weighted by Gasteiger charge is -2.36. The van der Waals surface area contributed by atoms with Crippen LogP contribution in [0, 0.1) is 11.3 Å². The van der Waals surface area contributed by atoms with Crippen LogP contribution in [0.15, 0.2) is 0 Å². The molecule has 294 valence electrons. The highest BCUT2D eigenvalue weighted by atomic mass is 32.1. The van der Waals surface area contributed by atoms with Crippen LogP contribution in [-0.4, -0.2) is 124 Å². The second kappa shape index (κ2) is 22.3. The van der Waals surface area contributed by atoms with Crippen molar-refractivity contribution in [1.29, 1.82) is 5.41 Å². The first-order valence-corrected chi connectivity index (χ1v) is 18.7. The van der Waals surface area contributed by atoms with Gasteiger partial charge in [-0.25, -0.2) is 4.79 Å². The van der Waals surface area contributed by atoms with Crippen LogP contribution in [0.3, 0.4) is 0 Å². The van der Waals surface area contributed by atoms with E-state index in [4.69, 9.17) is 28.3 Å². The number of fused-ring (bicyclic) bond motifs is 1. The number of aliphatic carboxylic acids is 1. The standard InChI is InChI=1S/C31H55N11O8S2/c32-10-4-3-7-18(38-25(44)17(33)14-51)26(45)39-19(8-5-11-37-31(35)36)29(48)42-22-9-2-1-6-16(22)12-23(42)28(47)40-20(13-24(34)43)27(46)41-21(15-52)30(49)50/h16-23,51-52H,1-15,32-33H2,(H2,34,43)(H,38,44)(H,39,45)(H,40,47)(H,41,46)(H,49,50)(H4,35,36,37)/t16?,17-,18-,19-,20-,21-,22?,23-/m0/s1. The number of thiol groups is 2. The fourth-order valence-electron chi connectivity index (χ4n) is 6.51. The van der Waals surface area contributed by atoms with Crippen LogP contribution in [-0.2, 0) is 33.6 Å². The highest BCUT2D eigenvalue weighted by Gasteiger charge is 2.49. The van der Waals surface area contributed by atoms with Gasteiger partial charge in [0.25, 0.3) is 0 Å².